The van der Waals surface area contributed by atoms with Gasteiger partial charge in [0, 0.05) is 23.7 Å². The van der Waals surface area contributed by atoms with Crippen LogP contribution in [0.1, 0.15) is 110 Å². The monoisotopic (exact) mass is 357 g/mol. The summed E-state index contributed by atoms with van der Waals surface area (Å²) in [5.41, 5.74) is 0. The van der Waals surface area contributed by atoms with E-state index >= 15 is 0 Å². The predicted molar refractivity (Wildman–Crippen MR) is 103 cm³/mol. The van der Waals surface area contributed by atoms with Gasteiger partial charge >= 0.3 is 5.97 Å². The molecule has 5 heteroatoms. The lowest BCUT2D eigenvalue weighted by atomic mass is 9.88. The first kappa shape index (κ1) is 23.9. The van der Waals surface area contributed by atoms with Gasteiger partial charge in [-0.25, -0.2) is 0 Å². The molecule has 0 fully saturated rings. The maximum absolute atomic E-state index is 11.5. The van der Waals surface area contributed by atoms with Crippen molar-refractivity contribution in [1.29, 1.82) is 0 Å². The predicted octanol–water partition coefficient (Wildman–Crippen LogP) is 6.22. The Kier molecular flexibility index (Phi) is 15.6. The Labute approximate surface area is 153 Å². The van der Waals surface area contributed by atoms with Crippen LogP contribution in [0.25, 0.3) is 0 Å². The van der Waals surface area contributed by atoms with Gasteiger partial charge in [-0.05, 0) is 25.7 Å². The van der Waals surface area contributed by atoms with Crippen molar-refractivity contribution in [1.82, 2.24) is 0 Å². The first-order valence-corrected chi connectivity index (χ1v) is 10.4. The van der Waals surface area contributed by atoms with Crippen LogP contribution in [0, 0.1) is 16.0 Å². The highest BCUT2D eigenvalue weighted by Gasteiger charge is 2.28. The smallest absolute Gasteiger partial charge is 0.303 e. The normalized spacial score (nSPS) is 13.5. The molecule has 148 valence electrons. The minimum atomic E-state index is -0.742. The number of rotatable bonds is 18. The number of nitro groups is 1. The minimum Gasteiger partial charge on any atom is -0.481 e. The fraction of sp³-hybridized carbons (Fsp3) is 0.950. The summed E-state index contributed by atoms with van der Waals surface area (Å²) in [5.74, 6) is -0.540. The molecule has 0 aromatic rings. The Balaban J connectivity index is 3.97. The van der Waals surface area contributed by atoms with Gasteiger partial charge in [0.2, 0.25) is 6.04 Å². The molecule has 0 saturated heterocycles. The molecular weight excluding hydrogens is 318 g/mol. The number of unbranched alkanes of at least 4 members (excludes halogenated alkanes) is 9. The quantitative estimate of drug-likeness (QED) is 0.179. The molecule has 1 N–H and O–H groups in total. The largest absolute Gasteiger partial charge is 0.481 e. The van der Waals surface area contributed by atoms with E-state index in [2.05, 4.69) is 13.8 Å². The highest BCUT2D eigenvalue weighted by atomic mass is 16.6. The lowest BCUT2D eigenvalue weighted by Gasteiger charge is -2.19. The second-order valence-corrected chi connectivity index (χ2v) is 7.28. The molecule has 0 spiro atoms. The van der Waals surface area contributed by atoms with Crippen molar-refractivity contribution >= 4 is 5.97 Å². The molecule has 0 aliphatic heterocycles. The van der Waals surface area contributed by atoms with Gasteiger partial charge in [-0.2, -0.15) is 0 Å². The Morgan fingerprint density at radius 2 is 1.40 bits per heavy atom. The molecule has 0 rings (SSSR count). The van der Waals surface area contributed by atoms with Crippen molar-refractivity contribution in [3.8, 4) is 0 Å². The van der Waals surface area contributed by atoms with Gasteiger partial charge in [-0.15, -0.1) is 0 Å². The number of nitrogens with zero attached hydrogens (tertiary/aromatic N) is 1. The molecule has 0 aromatic carbocycles. The van der Waals surface area contributed by atoms with Crippen molar-refractivity contribution in [3.63, 3.8) is 0 Å². The van der Waals surface area contributed by atoms with E-state index in [9.17, 15) is 14.9 Å². The zero-order valence-corrected chi connectivity index (χ0v) is 16.4. The average Bonchev–Trinajstić information content (AvgIpc) is 2.57. The maximum Gasteiger partial charge on any atom is 0.303 e. The fourth-order valence-electron chi connectivity index (χ4n) is 3.53. The van der Waals surface area contributed by atoms with E-state index in [4.69, 9.17) is 5.11 Å². The first-order valence-electron chi connectivity index (χ1n) is 10.4. The van der Waals surface area contributed by atoms with Crippen LogP contribution in [0.4, 0.5) is 0 Å². The molecule has 0 saturated carbocycles. The van der Waals surface area contributed by atoms with Gasteiger partial charge in [-0.1, -0.05) is 71.6 Å². The molecule has 0 aliphatic rings. The summed E-state index contributed by atoms with van der Waals surface area (Å²) in [6.07, 6.45) is 14.6. The van der Waals surface area contributed by atoms with E-state index in [0.717, 1.165) is 44.9 Å². The summed E-state index contributed by atoms with van der Waals surface area (Å²) in [6.45, 7) is 4.28. The third-order valence-electron chi connectivity index (χ3n) is 5.16. The molecule has 5 nitrogen and oxygen atoms in total. The third kappa shape index (κ3) is 13.8. The van der Waals surface area contributed by atoms with Crippen molar-refractivity contribution in [2.75, 3.05) is 0 Å². The van der Waals surface area contributed by atoms with Crippen molar-refractivity contribution in [2.24, 2.45) is 5.92 Å². The van der Waals surface area contributed by atoms with Crippen LogP contribution >= 0.6 is 0 Å². The van der Waals surface area contributed by atoms with E-state index in [1.54, 1.807) is 0 Å². The number of carboxylic acids is 1. The molecule has 2 atom stereocenters. The standard InChI is InChI=1S/C20H39NO4/c1-3-5-6-7-9-12-15-18(4-2)19(21(24)25)16-13-10-8-11-14-17-20(22)23/h18-19H,3-17H2,1-2H3,(H,22,23). The molecule has 0 radical (unpaired) electrons. The number of carbonyl (C=O) groups is 1. The molecule has 0 aliphatic carbocycles. The van der Waals surface area contributed by atoms with Crippen molar-refractivity contribution in [3.05, 3.63) is 10.1 Å². The van der Waals surface area contributed by atoms with Gasteiger partial charge in [-0.3, -0.25) is 14.9 Å². The van der Waals surface area contributed by atoms with Crippen LogP contribution in [0.5, 0.6) is 0 Å². The number of hydrogen-bond donors (Lipinski definition) is 1. The number of carboxylic acid groups (broad SMARTS) is 1. The molecule has 0 heterocycles. The first-order chi connectivity index (χ1) is 12.0. The minimum absolute atomic E-state index is 0.0598. The summed E-state index contributed by atoms with van der Waals surface area (Å²) >= 11 is 0. The zero-order valence-electron chi connectivity index (χ0n) is 16.4. The third-order valence-corrected chi connectivity index (χ3v) is 5.16. The van der Waals surface area contributed by atoms with E-state index in [0.29, 0.717) is 12.8 Å². The van der Waals surface area contributed by atoms with E-state index in [-0.39, 0.29) is 17.3 Å². The fourth-order valence-corrected chi connectivity index (χ4v) is 3.53. The Hall–Kier alpha value is -1.13. The molecule has 0 aromatic heterocycles. The van der Waals surface area contributed by atoms with Gasteiger partial charge in [0.1, 0.15) is 0 Å². The summed E-state index contributed by atoms with van der Waals surface area (Å²) in [6, 6.07) is -0.403. The van der Waals surface area contributed by atoms with Crippen LogP contribution in [0.15, 0.2) is 0 Å². The van der Waals surface area contributed by atoms with Crippen molar-refractivity contribution in [2.45, 2.75) is 116 Å². The van der Waals surface area contributed by atoms with E-state index in [1.165, 1.54) is 32.1 Å². The second-order valence-electron chi connectivity index (χ2n) is 7.28. The lowest BCUT2D eigenvalue weighted by molar-refractivity contribution is -0.533. The van der Waals surface area contributed by atoms with Gasteiger partial charge in [0.15, 0.2) is 0 Å². The van der Waals surface area contributed by atoms with Crippen LogP contribution in [-0.4, -0.2) is 22.0 Å². The van der Waals surface area contributed by atoms with Crippen LogP contribution < -0.4 is 0 Å². The summed E-state index contributed by atoms with van der Waals surface area (Å²) in [7, 11) is 0. The van der Waals surface area contributed by atoms with Gasteiger partial charge in [0.05, 0.1) is 0 Å². The Morgan fingerprint density at radius 3 is 1.92 bits per heavy atom. The average molecular weight is 358 g/mol. The molecule has 0 bridgehead atoms. The molecule has 0 amide bonds. The van der Waals surface area contributed by atoms with Crippen LogP contribution in [0.2, 0.25) is 0 Å². The summed E-state index contributed by atoms with van der Waals surface area (Å²) < 4.78 is 0. The summed E-state index contributed by atoms with van der Waals surface area (Å²) in [5, 5.41) is 20.0. The van der Waals surface area contributed by atoms with Crippen LogP contribution in [-0.2, 0) is 4.79 Å². The summed E-state index contributed by atoms with van der Waals surface area (Å²) in [4.78, 5) is 21.8. The van der Waals surface area contributed by atoms with Crippen molar-refractivity contribution < 1.29 is 14.8 Å². The Morgan fingerprint density at radius 1 is 0.880 bits per heavy atom. The van der Waals surface area contributed by atoms with E-state index < -0.39 is 12.0 Å². The number of aliphatic carboxylic acids is 1. The van der Waals surface area contributed by atoms with E-state index in [1.807, 2.05) is 0 Å². The molecule has 2 unspecified atom stereocenters. The number of hydrogen-bond acceptors (Lipinski definition) is 3. The Bertz CT molecular complexity index is 347. The van der Waals surface area contributed by atoms with Gasteiger partial charge < -0.3 is 5.11 Å². The maximum atomic E-state index is 11.5. The highest BCUT2D eigenvalue weighted by molar-refractivity contribution is 5.66. The topological polar surface area (TPSA) is 80.4 Å². The van der Waals surface area contributed by atoms with Gasteiger partial charge in [0.25, 0.3) is 0 Å². The molecule has 25 heavy (non-hydrogen) atoms. The van der Waals surface area contributed by atoms with Crippen LogP contribution in [0.3, 0.4) is 0 Å². The highest BCUT2D eigenvalue weighted by Crippen LogP contribution is 2.24. The lowest BCUT2D eigenvalue weighted by Crippen LogP contribution is -2.29. The zero-order chi connectivity index (χ0) is 18.9. The molecular formula is C20H39NO4. The second kappa shape index (κ2) is 16.3. The SMILES string of the molecule is CCCCCCCCC(CC)C(CCCCCCCC(=O)O)[N+](=O)[O-].